The highest BCUT2D eigenvalue weighted by molar-refractivity contribution is 5.78. The lowest BCUT2D eigenvalue weighted by Crippen LogP contribution is -2.51. The Kier molecular flexibility index (Phi) is 1.34. The standard InChI is InChI=1S/C8H12O4/c1-5-8(6(10)11)2-7(3-8,4-9)12-5/h5,9H,2-4H2,1H3,(H,10,11). The molecule has 0 spiro atoms. The highest BCUT2D eigenvalue weighted by Gasteiger charge is 2.70. The van der Waals surface area contributed by atoms with Crippen LogP contribution in [0.1, 0.15) is 19.8 Å². The van der Waals surface area contributed by atoms with Crippen molar-refractivity contribution in [2.45, 2.75) is 31.5 Å². The van der Waals surface area contributed by atoms with Crippen LogP contribution in [0.3, 0.4) is 0 Å². The van der Waals surface area contributed by atoms with Gasteiger partial charge in [-0.3, -0.25) is 4.79 Å². The average Bonchev–Trinajstić information content (AvgIpc) is 2.36. The fourth-order valence-corrected chi connectivity index (χ4v) is 2.43. The molecule has 2 N–H and O–H groups in total. The Morgan fingerprint density at radius 2 is 2.25 bits per heavy atom. The molecule has 4 heteroatoms. The summed E-state index contributed by atoms with van der Waals surface area (Å²) in [5.41, 5.74) is -1.24. The van der Waals surface area contributed by atoms with Crippen molar-refractivity contribution < 1.29 is 19.7 Å². The van der Waals surface area contributed by atoms with Gasteiger partial charge < -0.3 is 14.9 Å². The second-order valence-corrected chi connectivity index (χ2v) is 3.92. The number of aliphatic hydroxyl groups is 1. The van der Waals surface area contributed by atoms with Gasteiger partial charge in [0.1, 0.15) is 0 Å². The summed E-state index contributed by atoms with van der Waals surface area (Å²) < 4.78 is 5.41. The Labute approximate surface area is 70.1 Å². The van der Waals surface area contributed by atoms with E-state index < -0.39 is 17.0 Å². The van der Waals surface area contributed by atoms with Gasteiger partial charge in [0.05, 0.1) is 23.7 Å². The predicted octanol–water partition coefficient (Wildman–Crippen LogP) is 0.001000. The summed E-state index contributed by atoms with van der Waals surface area (Å²) >= 11 is 0. The molecule has 3 aliphatic rings. The third kappa shape index (κ3) is 0.671. The van der Waals surface area contributed by atoms with Gasteiger partial charge in [0.15, 0.2) is 0 Å². The van der Waals surface area contributed by atoms with Crippen LogP contribution in [0.15, 0.2) is 0 Å². The van der Waals surface area contributed by atoms with Gasteiger partial charge in [-0.15, -0.1) is 0 Å². The summed E-state index contributed by atoms with van der Waals surface area (Å²) in [7, 11) is 0. The maximum absolute atomic E-state index is 10.9. The first-order valence-electron chi connectivity index (χ1n) is 4.07. The van der Waals surface area contributed by atoms with Gasteiger partial charge in [-0.2, -0.15) is 0 Å². The molecule has 4 nitrogen and oxygen atoms in total. The van der Waals surface area contributed by atoms with E-state index in [0.717, 1.165) is 0 Å². The molecule has 0 aromatic heterocycles. The number of hydrogen-bond acceptors (Lipinski definition) is 3. The molecule has 2 heterocycles. The Morgan fingerprint density at radius 1 is 1.67 bits per heavy atom. The summed E-state index contributed by atoms with van der Waals surface area (Å²) in [5.74, 6) is -0.795. The lowest BCUT2D eigenvalue weighted by atomic mass is 9.60. The van der Waals surface area contributed by atoms with Crippen molar-refractivity contribution in [2.75, 3.05) is 6.61 Å². The molecule has 0 aromatic rings. The molecule has 1 unspecified atom stereocenters. The molecule has 0 radical (unpaired) electrons. The number of ether oxygens (including phenoxy) is 1. The first-order chi connectivity index (χ1) is 5.55. The van der Waals surface area contributed by atoms with Gasteiger partial charge in [-0.25, -0.2) is 0 Å². The first kappa shape index (κ1) is 8.01. The molecular formula is C8H12O4. The molecule has 1 aliphatic carbocycles. The Bertz CT molecular complexity index is 229. The largest absolute Gasteiger partial charge is 0.481 e. The first-order valence-corrected chi connectivity index (χ1v) is 4.07. The lowest BCUT2D eigenvalue weighted by molar-refractivity contribution is -0.156. The van der Waals surface area contributed by atoms with Crippen LogP contribution in [0.5, 0.6) is 0 Å². The van der Waals surface area contributed by atoms with E-state index in [-0.39, 0.29) is 12.7 Å². The molecule has 2 bridgehead atoms. The monoisotopic (exact) mass is 172 g/mol. The number of carboxylic acid groups (broad SMARTS) is 1. The van der Waals surface area contributed by atoms with Crippen LogP contribution in [0, 0.1) is 5.41 Å². The van der Waals surface area contributed by atoms with Crippen molar-refractivity contribution in [3.05, 3.63) is 0 Å². The van der Waals surface area contributed by atoms with Crippen LogP contribution >= 0.6 is 0 Å². The molecule has 68 valence electrons. The van der Waals surface area contributed by atoms with Crippen molar-refractivity contribution in [3.63, 3.8) is 0 Å². The quantitative estimate of drug-likeness (QED) is 0.615. The molecule has 1 atom stereocenters. The highest BCUT2D eigenvalue weighted by Crippen LogP contribution is 2.61. The zero-order valence-electron chi connectivity index (χ0n) is 6.91. The van der Waals surface area contributed by atoms with Crippen LogP contribution in [0.4, 0.5) is 0 Å². The van der Waals surface area contributed by atoms with Crippen LogP contribution in [0.25, 0.3) is 0 Å². The smallest absolute Gasteiger partial charge is 0.312 e. The van der Waals surface area contributed by atoms with E-state index in [9.17, 15) is 4.79 Å². The third-order valence-corrected chi connectivity index (χ3v) is 3.19. The molecule has 0 aromatic carbocycles. The predicted molar refractivity (Wildman–Crippen MR) is 39.7 cm³/mol. The highest BCUT2D eigenvalue weighted by atomic mass is 16.5. The van der Waals surface area contributed by atoms with Crippen LogP contribution in [-0.4, -0.2) is 34.5 Å². The second-order valence-electron chi connectivity index (χ2n) is 3.92. The summed E-state index contributed by atoms with van der Waals surface area (Å²) in [4.78, 5) is 10.9. The fraction of sp³-hybridized carbons (Fsp3) is 0.875. The van der Waals surface area contributed by atoms with Crippen molar-refractivity contribution in [2.24, 2.45) is 5.41 Å². The zero-order valence-corrected chi connectivity index (χ0v) is 6.91. The van der Waals surface area contributed by atoms with Gasteiger partial charge >= 0.3 is 5.97 Å². The summed E-state index contributed by atoms with van der Waals surface area (Å²) in [5, 5.41) is 17.9. The third-order valence-electron chi connectivity index (χ3n) is 3.19. The fourth-order valence-electron chi connectivity index (χ4n) is 2.43. The van der Waals surface area contributed by atoms with Crippen molar-refractivity contribution >= 4 is 5.97 Å². The number of rotatable bonds is 2. The molecule has 2 aliphatic heterocycles. The van der Waals surface area contributed by atoms with Gasteiger partial charge in [-0.1, -0.05) is 0 Å². The molecule has 0 amide bonds. The molecular weight excluding hydrogens is 160 g/mol. The average molecular weight is 172 g/mol. The van der Waals surface area contributed by atoms with E-state index in [1.165, 1.54) is 0 Å². The number of aliphatic carboxylic acids is 1. The molecule has 3 fully saturated rings. The number of fused-ring (bicyclic) bond motifs is 1. The Balaban J connectivity index is 2.22. The van der Waals surface area contributed by atoms with Crippen molar-refractivity contribution in [3.8, 4) is 0 Å². The number of carbonyl (C=O) groups is 1. The minimum absolute atomic E-state index is 0.0631. The number of carboxylic acids is 1. The van der Waals surface area contributed by atoms with Crippen LogP contribution in [-0.2, 0) is 9.53 Å². The van der Waals surface area contributed by atoms with Gasteiger partial charge in [0.25, 0.3) is 0 Å². The summed E-state index contributed by atoms with van der Waals surface area (Å²) in [6.45, 7) is 1.70. The second kappa shape index (κ2) is 2.00. The molecule has 1 saturated carbocycles. The minimum Gasteiger partial charge on any atom is -0.481 e. The van der Waals surface area contributed by atoms with E-state index in [2.05, 4.69) is 0 Å². The van der Waals surface area contributed by atoms with Crippen molar-refractivity contribution in [1.29, 1.82) is 0 Å². The maximum Gasteiger partial charge on any atom is 0.312 e. The topological polar surface area (TPSA) is 66.8 Å². The van der Waals surface area contributed by atoms with E-state index in [1.54, 1.807) is 6.92 Å². The Morgan fingerprint density at radius 3 is 2.50 bits per heavy atom. The van der Waals surface area contributed by atoms with Crippen LogP contribution in [0.2, 0.25) is 0 Å². The number of hydrogen-bond donors (Lipinski definition) is 2. The van der Waals surface area contributed by atoms with Gasteiger partial charge in [0, 0.05) is 0 Å². The maximum atomic E-state index is 10.9. The Hall–Kier alpha value is -0.610. The molecule has 2 saturated heterocycles. The van der Waals surface area contributed by atoms with E-state index >= 15 is 0 Å². The summed E-state index contributed by atoms with van der Waals surface area (Å²) in [6, 6.07) is 0. The van der Waals surface area contributed by atoms with Gasteiger partial charge in [-0.05, 0) is 19.8 Å². The molecule has 3 rings (SSSR count). The summed E-state index contributed by atoms with van der Waals surface area (Å²) in [6.07, 6.45) is 0.669. The van der Waals surface area contributed by atoms with E-state index in [4.69, 9.17) is 14.9 Å². The zero-order chi connectivity index (χ0) is 8.98. The lowest BCUT2D eigenvalue weighted by Gasteiger charge is -2.40. The minimum atomic E-state index is -0.795. The van der Waals surface area contributed by atoms with Gasteiger partial charge in [0.2, 0.25) is 0 Å². The normalized spacial score (nSPS) is 50.3. The van der Waals surface area contributed by atoms with E-state index in [1.807, 2.05) is 0 Å². The van der Waals surface area contributed by atoms with E-state index in [0.29, 0.717) is 12.8 Å². The molecule has 12 heavy (non-hydrogen) atoms. The van der Waals surface area contributed by atoms with Crippen LogP contribution < -0.4 is 0 Å². The van der Waals surface area contributed by atoms with Crippen molar-refractivity contribution in [1.82, 2.24) is 0 Å². The SMILES string of the molecule is CC1OC2(CO)CC1(C(=O)O)C2. The number of aliphatic hydroxyl groups excluding tert-OH is 1.